The summed E-state index contributed by atoms with van der Waals surface area (Å²) < 4.78 is 70.3. The highest BCUT2D eigenvalue weighted by Gasteiger charge is 2.38. The maximum atomic E-state index is 13.5. The summed E-state index contributed by atoms with van der Waals surface area (Å²) in [5.41, 5.74) is -1.57. The van der Waals surface area contributed by atoms with Gasteiger partial charge in [-0.3, -0.25) is 0 Å². The van der Waals surface area contributed by atoms with Gasteiger partial charge in [-0.2, -0.15) is 13.2 Å². The van der Waals surface area contributed by atoms with Crippen molar-refractivity contribution in [3.05, 3.63) is 42.1 Å². The number of hydrogen-bond acceptors (Lipinski definition) is 5. The van der Waals surface area contributed by atoms with Crippen molar-refractivity contribution in [3.63, 3.8) is 0 Å². The first-order valence-corrected chi connectivity index (χ1v) is 9.57. The number of hydrogen-bond donors (Lipinski definition) is 1. The molecule has 1 atom stereocenters. The third-order valence-corrected chi connectivity index (χ3v) is 4.63. The summed E-state index contributed by atoms with van der Waals surface area (Å²) in [6.07, 6.45) is -3.96. The highest BCUT2D eigenvalue weighted by Crippen LogP contribution is 2.43. The minimum absolute atomic E-state index is 0.0861. The topological polar surface area (TPSA) is 76.5 Å². The van der Waals surface area contributed by atoms with E-state index in [2.05, 4.69) is 4.98 Å². The molecular formula is C17H18F3NO4S. The highest BCUT2D eigenvalue weighted by molar-refractivity contribution is 7.91. The summed E-state index contributed by atoms with van der Waals surface area (Å²) in [6.45, 7) is 1.42. The van der Waals surface area contributed by atoms with Crippen molar-refractivity contribution in [2.45, 2.75) is 30.5 Å². The van der Waals surface area contributed by atoms with Gasteiger partial charge in [0.25, 0.3) is 0 Å². The van der Waals surface area contributed by atoms with Gasteiger partial charge in [0.2, 0.25) is 5.88 Å². The lowest BCUT2D eigenvalue weighted by Crippen LogP contribution is -2.15. The summed E-state index contributed by atoms with van der Waals surface area (Å²) in [5, 5.41) is 9.28. The van der Waals surface area contributed by atoms with Crippen LogP contribution in [0, 0.1) is 0 Å². The molecule has 1 aromatic carbocycles. The number of halogens is 3. The van der Waals surface area contributed by atoms with E-state index in [9.17, 15) is 26.7 Å². The van der Waals surface area contributed by atoms with Crippen LogP contribution in [0.15, 0.2) is 41.4 Å². The van der Waals surface area contributed by atoms with Gasteiger partial charge in [0.05, 0.1) is 18.3 Å². The minimum Gasteiger partial charge on any atom is -0.477 e. The molecule has 0 radical (unpaired) electrons. The van der Waals surface area contributed by atoms with Crippen molar-refractivity contribution in [3.8, 4) is 17.0 Å². The molecule has 2 aromatic rings. The number of pyridine rings is 1. The summed E-state index contributed by atoms with van der Waals surface area (Å²) in [7, 11) is -4.10. The Kier molecular flexibility index (Phi) is 5.92. The van der Waals surface area contributed by atoms with Crippen LogP contribution in [0.5, 0.6) is 5.88 Å². The Balaban J connectivity index is 2.74. The van der Waals surface area contributed by atoms with E-state index in [0.717, 1.165) is 6.26 Å². The lowest BCUT2D eigenvalue weighted by Gasteiger charge is -2.19. The Hall–Kier alpha value is -2.13. The average molecular weight is 389 g/mol. The van der Waals surface area contributed by atoms with Crippen LogP contribution in [0.1, 0.15) is 18.9 Å². The monoisotopic (exact) mass is 389 g/mol. The smallest absolute Gasteiger partial charge is 0.418 e. The number of aromatic nitrogens is 1. The van der Waals surface area contributed by atoms with Gasteiger partial charge in [-0.15, -0.1) is 0 Å². The molecule has 0 fully saturated rings. The van der Waals surface area contributed by atoms with Crippen molar-refractivity contribution in [2.24, 2.45) is 0 Å². The lowest BCUT2D eigenvalue weighted by atomic mass is 10.0. The first-order chi connectivity index (χ1) is 12.0. The predicted octanol–water partition coefficient (Wildman–Crippen LogP) is 3.32. The number of sulfone groups is 1. The summed E-state index contributed by atoms with van der Waals surface area (Å²) >= 11 is 0. The molecule has 5 nitrogen and oxygen atoms in total. The second kappa shape index (κ2) is 7.63. The van der Waals surface area contributed by atoms with Crippen molar-refractivity contribution in [1.29, 1.82) is 0 Å². The van der Waals surface area contributed by atoms with Gasteiger partial charge in [-0.05, 0) is 12.5 Å². The van der Waals surface area contributed by atoms with Gasteiger partial charge in [-0.25, -0.2) is 13.4 Å². The summed E-state index contributed by atoms with van der Waals surface area (Å²) in [5.74, 6) is -0.417. The third kappa shape index (κ3) is 4.73. The van der Waals surface area contributed by atoms with Crippen LogP contribution >= 0.6 is 0 Å². The van der Waals surface area contributed by atoms with Crippen molar-refractivity contribution in [1.82, 2.24) is 4.98 Å². The average Bonchev–Trinajstić information content (AvgIpc) is 2.52. The molecule has 1 heterocycles. The van der Waals surface area contributed by atoms with Crippen LogP contribution in [0.25, 0.3) is 11.1 Å². The van der Waals surface area contributed by atoms with E-state index in [1.807, 2.05) is 0 Å². The number of rotatable bonds is 6. The van der Waals surface area contributed by atoms with E-state index in [-0.39, 0.29) is 18.6 Å². The van der Waals surface area contributed by atoms with Gasteiger partial charge in [-0.1, -0.05) is 30.3 Å². The van der Waals surface area contributed by atoms with Crippen LogP contribution in [0.2, 0.25) is 0 Å². The van der Waals surface area contributed by atoms with Crippen LogP contribution in [-0.2, 0) is 16.0 Å². The molecule has 0 saturated heterocycles. The summed E-state index contributed by atoms with van der Waals surface area (Å²) in [6, 6.07) is 7.40. The van der Waals surface area contributed by atoms with E-state index in [4.69, 9.17) is 4.74 Å². The largest absolute Gasteiger partial charge is 0.477 e. The van der Waals surface area contributed by atoms with Crippen LogP contribution in [-0.4, -0.2) is 37.5 Å². The van der Waals surface area contributed by atoms with Gasteiger partial charge in [0.1, 0.15) is 4.90 Å². The Morgan fingerprint density at radius 3 is 2.35 bits per heavy atom. The Morgan fingerprint density at radius 2 is 1.85 bits per heavy atom. The molecule has 0 bridgehead atoms. The fourth-order valence-electron chi connectivity index (χ4n) is 2.35. The molecule has 26 heavy (non-hydrogen) atoms. The maximum absolute atomic E-state index is 13.5. The zero-order valence-electron chi connectivity index (χ0n) is 14.1. The number of benzene rings is 1. The fourth-order valence-corrected chi connectivity index (χ4v) is 3.38. The molecule has 1 N–H and O–H groups in total. The van der Waals surface area contributed by atoms with Gasteiger partial charge < -0.3 is 9.84 Å². The molecule has 0 aliphatic heterocycles. The second-order valence-electron chi connectivity index (χ2n) is 5.80. The molecule has 0 aliphatic rings. The van der Waals surface area contributed by atoms with Gasteiger partial charge in [0, 0.05) is 24.4 Å². The lowest BCUT2D eigenvalue weighted by molar-refractivity contribution is -0.137. The molecule has 0 aliphatic carbocycles. The van der Waals surface area contributed by atoms with Crippen molar-refractivity contribution >= 4 is 9.84 Å². The quantitative estimate of drug-likeness (QED) is 0.820. The number of nitrogens with zero attached hydrogens (tertiary/aromatic N) is 1. The Labute approximate surface area is 149 Å². The molecule has 2 rings (SSSR count). The number of aliphatic hydroxyl groups is 1. The van der Waals surface area contributed by atoms with Crippen LogP contribution < -0.4 is 4.74 Å². The Bertz CT molecular complexity index is 866. The molecular weight excluding hydrogens is 371 g/mol. The van der Waals surface area contributed by atoms with E-state index in [0.29, 0.717) is 6.20 Å². The van der Waals surface area contributed by atoms with Gasteiger partial charge >= 0.3 is 6.18 Å². The molecule has 1 aromatic heterocycles. The Morgan fingerprint density at radius 1 is 1.23 bits per heavy atom. The van der Waals surface area contributed by atoms with E-state index in [1.54, 1.807) is 6.07 Å². The van der Waals surface area contributed by atoms with E-state index < -0.39 is 44.0 Å². The third-order valence-electron chi connectivity index (χ3n) is 3.51. The molecule has 0 saturated carbocycles. The zero-order chi connectivity index (χ0) is 19.5. The minimum atomic E-state index is -4.80. The standard InChI is InChI=1S/C17H18F3NO4S/c1-11(22)8-9-25-16-15(26(2,23)24)14(12-6-4-3-5-7-12)13(10-21-16)17(18,19)20/h3-7,10-11,22H,8-9H2,1-2H3. The molecule has 9 heteroatoms. The number of alkyl halides is 3. The van der Waals surface area contributed by atoms with Crippen LogP contribution in [0.3, 0.4) is 0 Å². The fraction of sp³-hybridized carbons (Fsp3) is 0.353. The van der Waals surface area contributed by atoms with Crippen molar-refractivity contribution in [2.75, 3.05) is 12.9 Å². The maximum Gasteiger partial charge on any atom is 0.418 e. The first kappa shape index (κ1) is 20.2. The first-order valence-electron chi connectivity index (χ1n) is 7.68. The zero-order valence-corrected chi connectivity index (χ0v) is 14.9. The number of aliphatic hydroxyl groups excluding tert-OH is 1. The van der Waals surface area contributed by atoms with Crippen LogP contribution in [0.4, 0.5) is 13.2 Å². The van der Waals surface area contributed by atoms with Crippen molar-refractivity contribution < 1.29 is 31.4 Å². The predicted molar refractivity (Wildman–Crippen MR) is 89.6 cm³/mol. The SMILES string of the molecule is CC(O)CCOc1ncc(C(F)(F)F)c(-c2ccccc2)c1S(C)(=O)=O. The van der Waals surface area contributed by atoms with E-state index >= 15 is 0 Å². The normalized spacial score (nSPS) is 13.5. The molecule has 0 amide bonds. The van der Waals surface area contributed by atoms with E-state index in [1.165, 1.54) is 31.2 Å². The van der Waals surface area contributed by atoms with Gasteiger partial charge in [0.15, 0.2) is 9.84 Å². The molecule has 1 unspecified atom stereocenters. The number of ether oxygens (including phenoxy) is 1. The molecule has 142 valence electrons. The second-order valence-corrected chi connectivity index (χ2v) is 7.76. The molecule has 0 spiro atoms. The summed E-state index contributed by atoms with van der Waals surface area (Å²) in [4.78, 5) is 2.97. The highest BCUT2D eigenvalue weighted by atomic mass is 32.2.